The van der Waals surface area contributed by atoms with Crippen LogP contribution in [0.1, 0.15) is 47.7 Å². The van der Waals surface area contributed by atoms with E-state index in [-0.39, 0.29) is 11.5 Å². The molecule has 4 rings (SSSR count). The highest BCUT2D eigenvalue weighted by Crippen LogP contribution is 2.37. The van der Waals surface area contributed by atoms with Gasteiger partial charge in [-0.2, -0.15) is 0 Å². The van der Waals surface area contributed by atoms with Gasteiger partial charge in [0.15, 0.2) is 0 Å². The second-order valence-corrected chi connectivity index (χ2v) is 9.55. The predicted molar refractivity (Wildman–Crippen MR) is 147 cm³/mol. The first-order valence-electron chi connectivity index (χ1n) is 13.2. The largest absolute Gasteiger partial charge is 0.370 e. The van der Waals surface area contributed by atoms with E-state index in [4.69, 9.17) is 4.74 Å². The molecule has 1 fully saturated rings. The van der Waals surface area contributed by atoms with Gasteiger partial charge in [-0.3, -0.25) is 4.79 Å². The number of piperidine rings is 1. The molecule has 0 radical (unpaired) electrons. The van der Waals surface area contributed by atoms with Crippen LogP contribution in [0.3, 0.4) is 0 Å². The van der Waals surface area contributed by atoms with Gasteiger partial charge >= 0.3 is 0 Å². The van der Waals surface area contributed by atoms with Gasteiger partial charge in [-0.25, -0.2) is 0 Å². The molecule has 0 atom stereocenters. The van der Waals surface area contributed by atoms with Crippen LogP contribution >= 0.6 is 0 Å². The number of benzene rings is 3. The van der Waals surface area contributed by atoms with Crippen molar-refractivity contribution in [3.8, 4) is 0 Å². The Labute approximate surface area is 216 Å². The molecule has 190 valence electrons. The lowest BCUT2D eigenvalue weighted by atomic mass is 9.84. The Morgan fingerprint density at radius 1 is 0.944 bits per heavy atom. The lowest BCUT2D eigenvalue weighted by Gasteiger charge is -2.42. The van der Waals surface area contributed by atoms with Crippen LogP contribution in [0.15, 0.2) is 84.9 Å². The number of amides is 1. The number of likely N-dealkylation sites (tertiary alicyclic amines) is 1. The molecule has 3 aromatic rings. The maximum Gasteiger partial charge on any atom is 0.253 e. The number of nitrogens with zero attached hydrogens (tertiary/aromatic N) is 2. The minimum absolute atomic E-state index is 0.0534. The number of hydrogen-bond donors (Lipinski definition) is 1. The van der Waals surface area contributed by atoms with Crippen LogP contribution in [-0.2, 0) is 16.9 Å². The van der Waals surface area contributed by atoms with Gasteiger partial charge < -0.3 is 19.9 Å². The monoisotopic (exact) mass is 485 g/mol. The van der Waals surface area contributed by atoms with Crippen molar-refractivity contribution in [1.82, 2.24) is 10.2 Å². The first-order valence-corrected chi connectivity index (χ1v) is 13.2. The molecule has 0 unspecified atom stereocenters. The van der Waals surface area contributed by atoms with Crippen molar-refractivity contribution in [3.63, 3.8) is 0 Å². The quantitative estimate of drug-likeness (QED) is 0.391. The zero-order chi connectivity index (χ0) is 25.2. The summed E-state index contributed by atoms with van der Waals surface area (Å²) in [5.41, 5.74) is 4.03. The lowest BCUT2D eigenvalue weighted by molar-refractivity contribution is -0.0893. The zero-order valence-corrected chi connectivity index (χ0v) is 21.7. The van der Waals surface area contributed by atoms with E-state index >= 15 is 0 Å². The molecule has 1 N–H and O–H groups in total. The number of carbonyl (C=O) groups is 1. The predicted octanol–water partition coefficient (Wildman–Crippen LogP) is 5.47. The van der Waals surface area contributed by atoms with Gasteiger partial charge in [0, 0.05) is 52.1 Å². The highest BCUT2D eigenvalue weighted by Gasteiger charge is 2.37. The summed E-state index contributed by atoms with van der Waals surface area (Å²) in [5, 5.41) is 2.80. The smallest absolute Gasteiger partial charge is 0.253 e. The van der Waals surface area contributed by atoms with Crippen molar-refractivity contribution in [1.29, 1.82) is 0 Å². The van der Waals surface area contributed by atoms with Crippen LogP contribution in [0.5, 0.6) is 0 Å². The molecule has 0 aliphatic carbocycles. The van der Waals surface area contributed by atoms with Gasteiger partial charge in [0.25, 0.3) is 5.91 Å². The van der Waals surface area contributed by atoms with Crippen LogP contribution < -0.4 is 10.2 Å². The van der Waals surface area contributed by atoms with E-state index in [9.17, 15) is 4.79 Å². The Morgan fingerprint density at radius 3 is 2.25 bits per heavy atom. The summed E-state index contributed by atoms with van der Waals surface area (Å²) in [7, 11) is 1.69. The Hall–Kier alpha value is -3.15. The van der Waals surface area contributed by atoms with E-state index in [2.05, 4.69) is 82.7 Å². The highest BCUT2D eigenvalue weighted by molar-refractivity contribution is 5.99. The summed E-state index contributed by atoms with van der Waals surface area (Å²) in [6.07, 6.45) is 3.01. The molecule has 5 heteroatoms. The van der Waals surface area contributed by atoms with E-state index in [1.807, 2.05) is 24.3 Å². The summed E-state index contributed by atoms with van der Waals surface area (Å²) in [6, 6.07) is 29.1. The number of anilines is 1. The first kappa shape index (κ1) is 25.9. The standard InChI is InChI=1S/C31H39N3O2/c1-3-24-36-31(27-14-8-5-9-15-27)18-20-33(21-19-31)22-23-34(25-26-12-6-4-7-13-26)29-17-11-10-16-28(29)30(35)32-2/h4-17H,3,18-25H2,1-2H3,(H,32,35). The molecule has 36 heavy (non-hydrogen) atoms. The number of para-hydroxylation sites is 1. The Balaban J connectivity index is 1.47. The van der Waals surface area contributed by atoms with Crippen LogP contribution in [0.25, 0.3) is 0 Å². The van der Waals surface area contributed by atoms with Gasteiger partial charge in [0.05, 0.1) is 11.2 Å². The summed E-state index contributed by atoms with van der Waals surface area (Å²) in [6.45, 7) is 7.49. The van der Waals surface area contributed by atoms with Crippen LogP contribution in [0.4, 0.5) is 5.69 Å². The van der Waals surface area contributed by atoms with E-state index < -0.39 is 0 Å². The van der Waals surface area contributed by atoms with E-state index in [0.29, 0.717) is 5.56 Å². The molecule has 0 spiro atoms. The molecule has 1 aliphatic heterocycles. The van der Waals surface area contributed by atoms with Crippen molar-refractivity contribution in [2.24, 2.45) is 0 Å². The third-order valence-electron chi connectivity index (χ3n) is 7.16. The van der Waals surface area contributed by atoms with Gasteiger partial charge in [0.2, 0.25) is 0 Å². The molecule has 0 bridgehead atoms. The van der Waals surface area contributed by atoms with Gasteiger partial charge in [0.1, 0.15) is 0 Å². The Bertz CT molecular complexity index is 1080. The number of hydrogen-bond acceptors (Lipinski definition) is 4. The molecule has 0 saturated carbocycles. The summed E-state index contributed by atoms with van der Waals surface area (Å²) in [5.74, 6) is -0.0534. The number of carbonyl (C=O) groups excluding carboxylic acids is 1. The summed E-state index contributed by atoms with van der Waals surface area (Å²) < 4.78 is 6.50. The van der Waals surface area contributed by atoms with Gasteiger partial charge in [-0.05, 0) is 42.5 Å². The fraction of sp³-hybridized carbons (Fsp3) is 0.387. The van der Waals surface area contributed by atoms with Crippen molar-refractivity contribution < 1.29 is 9.53 Å². The number of nitrogens with one attached hydrogen (secondary N) is 1. The Morgan fingerprint density at radius 2 is 1.58 bits per heavy atom. The van der Waals surface area contributed by atoms with Crippen molar-refractivity contribution in [2.75, 3.05) is 44.7 Å². The zero-order valence-electron chi connectivity index (χ0n) is 21.7. The SMILES string of the molecule is CCCOC1(c2ccccc2)CCN(CCN(Cc2ccccc2)c2ccccc2C(=O)NC)CC1. The molecule has 1 heterocycles. The molecule has 5 nitrogen and oxygen atoms in total. The normalized spacial score (nSPS) is 15.4. The molecular weight excluding hydrogens is 446 g/mol. The fourth-order valence-corrected chi connectivity index (χ4v) is 5.12. The molecule has 0 aromatic heterocycles. The minimum Gasteiger partial charge on any atom is -0.370 e. The molecular formula is C31H39N3O2. The maximum absolute atomic E-state index is 12.6. The molecule has 1 amide bonds. The lowest BCUT2D eigenvalue weighted by Crippen LogP contribution is -2.46. The highest BCUT2D eigenvalue weighted by atomic mass is 16.5. The number of ether oxygens (including phenoxy) is 1. The van der Waals surface area contributed by atoms with Crippen LogP contribution in [-0.4, -0.2) is 50.6 Å². The van der Waals surface area contributed by atoms with E-state index in [1.165, 1.54) is 11.1 Å². The van der Waals surface area contributed by atoms with Gasteiger partial charge in [-0.15, -0.1) is 0 Å². The van der Waals surface area contributed by atoms with Crippen molar-refractivity contribution in [3.05, 3.63) is 102 Å². The van der Waals surface area contributed by atoms with Crippen LogP contribution in [0.2, 0.25) is 0 Å². The molecule has 1 saturated heterocycles. The van der Waals surface area contributed by atoms with Crippen molar-refractivity contribution in [2.45, 2.75) is 38.3 Å². The fourth-order valence-electron chi connectivity index (χ4n) is 5.12. The van der Waals surface area contributed by atoms with E-state index in [1.54, 1.807) is 7.05 Å². The molecule has 3 aromatic carbocycles. The third-order valence-corrected chi connectivity index (χ3v) is 7.16. The summed E-state index contributed by atoms with van der Waals surface area (Å²) in [4.78, 5) is 17.5. The van der Waals surface area contributed by atoms with Crippen LogP contribution in [0, 0.1) is 0 Å². The topological polar surface area (TPSA) is 44.8 Å². The second-order valence-electron chi connectivity index (χ2n) is 9.55. The van der Waals surface area contributed by atoms with Crippen molar-refractivity contribution >= 4 is 11.6 Å². The Kier molecular flexibility index (Phi) is 9.15. The third kappa shape index (κ3) is 6.34. The average Bonchev–Trinajstić information content (AvgIpc) is 2.95. The maximum atomic E-state index is 12.6. The summed E-state index contributed by atoms with van der Waals surface area (Å²) >= 11 is 0. The van der Waals surface area contributed by atoms with Gasteiger partial charge in [-0.1, -0.05) is 79.7 Å². The van der Waals surface area contributed by atoms with E-state index in [0.717, 1.165) is 64.3 Å². The minimum atomic E-state index is -0.191. The first-order chi connectivity index (χ1) is 17.6. The molecule has 1 aliphatic rings. The number of rotatable bonds is 11. The average molecular weight is 486 g/mol. The second kappa shape index (κ2) is 12.7.